The van der Waals surface area contributed by atoms with E-state index in [2.05, 4.69) is 5.32 Å². The molecule has 0 heterocycles. The Balaban J connectivity index is 2.45. The van der Waals surface area contributed by atoms with E-state index in [0.29, 0.717) is 11.4 Å². The minimum Gasteiger partial charge on any atom is -0.396 e. The molecule has 5 heteroatoms. The molecule has 0 aliphatic carbocycles. The van der Waals surface area contributed by atoms with Gasteiger partial charge in [-0.1, -0.05) is 18.2 Å². The quantitative estimate of drug-likeness (QED) is 0.741. The molecule has 98 valence electrons. The molecule has 4 nitrogen and oxygen atoms in total. The highest BCUT2D eigenvalue weighted by molar-refractivity contribution is 6.01. The number of halogens is 1. The van der Waals surface area contributed by atoms with Gasteiger partial charge in [0.15, 0.2) is 0 Å². The number of anilines is 3. The van der Waals surface area contributed by atoms with Gasteiger partial charge in [-0.2, -0.15) is 0 Å². The van der Waals surface area contributed by atoms with Gasteiger partial charge in [0.2, 0.25) is 0 Å². The molecule has 1 amide bonds. The van der Waals surface area contributed by atoms with Gasteiger partial charge in [0.25, 0.3) is 5.91 Å². The third-order valence-electron chi connectivity index (χ3n) is 2.85. The first kappa shape index (κ1) is 12.9. The van der Waals surface area contributed by atoms with E-state index in [4.69, 9.17) is 11.5 Å². The molecule has 0 fully saturated rings. The van der Waals surface area contributed by atoms with E-state index in [1.54, 1.807) is 31.2 Å². The summed E-state index contributed by atoms with van der Waals surface area (Å²) in [5.41, 5.74) is 13.0. The van der Waals surface area contributed by atoms with Crippen molar-refractivity contribution in [1.82, 2.24) is 0 Å². The zero-order chi connectivity index (χ0) is 14.0. The van der Waals surface area contributed by atoms with Gasteiger partial charge < -0.3 is 16.8 Å². The van der Waals surface area contributed by atoms with Gasteiger partial charge in [0, 0.05) is 0 Å². The van der Waals surface area contributed by atoms with Crippen LogP contribution in [0.4, 0.5) is 21.5 Å². The van der Waals surface area contributed by atoms with Gasteiger partial charge in [-0.3, -0.25) is 4.79 Å². The molecule has 0 aliphatic heterocycles. The summed E-state index contributed by atoms with van der Waals surface area (Å²) in [6, 6.07) is 9.57. The van der Waals surface area contributed by atoms with E-state index in [1.807, 2.05) is 0 Å². The Hall–Kier alpha value is -2.56. The molecule has 0 atom stereocenters. The van der Waals surface area contributed by atoms with Gasteiger partial charge in [-0.05, 0) is 30.7 Å². The van der Waals surface area contributed by atoms with Crippen molar-refractivity contribution in [1.29, 1.82) is 0 Å². The van der Waals surface area contributed by atoms with E-state index in [0.717, 1.165) is 5.56 Å². The minimum absolute atomic E-state index is 0.206. The summed E-state index contributed by atoms with van der Waals surface area (Å²) in [4.78, 5) is 11.2. The molecule has 2 rings (SSSR count). The van der Waals surface area contributed by atoms with Crippen molar-refractivity contribution in [3.8, 4) is 0 Å². The number of aryl methyl sites for hydroxylation is 1. The van der Waals surface area contributed by atoms with Crippen molar-refractivity contribution >= 4 is 23.0 Å². The Bertz CT molecular complexity index is 620. The van der Waals surface area contributed by atoms with E-state index >= 15 is 0 Å². The Kier molecular flexibility index (Phi) is 3.37. The number of benzene rings is 2. The number of carbonyl (C=O) groups is 1. The predicted molar refractivity (Wildman–Crippen MR) is 73.8 cm³/mol. The van der Waals surface area contributed by atoms with Crippen LogP contribution in [0.1, 0.15) is 15.9 Å². The van der Waals surface area contributed by atoms with Crippen molar-refractivity contribution in [3.63, 3.8) is 0 Å². The van der Waals surface area contributed by atoms with Crippen molar-refractivity contribution in [3.05, 3.63) is 53.3 Å². The number of rotatable bonds is 3. The number of hydrogen-bond donors (Lipinski definition) is 3. The highest BCUT2D eigenvalue weighted by Crippen LogP contribution is 2.29. The second-order valence-electron chi connectivity index (χ2n) is 4.19. The van der Waals surface area contributed by atoms with Crippen LogP contribution >= 0.6 is 0 Å². The number of primary amides is 1. The number of para-hydroxylation sites is 2. The molecule has 0 aromatic heterocycles. The monoisotopic (exact) mass is 259 g/mol. The zero-order valence-electron chi connectivity index (χ0n) is 10.4. The maximum atomic E-state index is 13.7. The Morgan fingerprint density at radius 3 is 2.53 bits per heavy atom. The van der Waals surface area contributed by atoms with Crippen molar-refractivity contribution in [2.75, 3.05) is 11.1 Å². The molecule has 2 aromatic carbocycles. The number of carbonyl (C=O) groups excluding carboxylic acids is 1. The fraction of sp³-hybridized carbons (Fsp3) is 0.0714. The second kappa shape index (κ2) is 4.97. The van der Waals surface area contributed by atoms with E-state index in [9.17, 15) is 9.18 Å². The molecular weight excluding hydrogens is 245 g/mol. The van der Waals surface area contributed by atoms with Gasteiger partial charge in [-0.15, -0.1) is 0 Å². The number of hydrogen-bond acceptors (Lipinski definition) is 3. The third-order valence-corrected chi connectivity index (χ3v) is 2.85. The van der Waals surface area contributed by atoms with E-state index in [-0.39, 0.29) is 17.1 Å². The molecule has 0 spiro atoms. The second-order valence-corrected chi connectivity index (χ2v) is 4.19. The third kappa shape index (κ3) is 2.49. The Morgan fingerprint density at radius 2 is 1.89 bits per heavy atom. The van der Waals surface area contributed by atoms with Crippen LogP contribution in [0.5, 0.6) is 0 Å². The van der Waals surface area contributed by atoms with Crippen LogP contribution in [0.2, 0.25) is 0 Å². The van der Waals surface area contributed by atoms with Crippen LogP contribution in [0.25, 0.3) is 0 Å². The van der Waals surface area contributed by atoms with Gasteiger partial charge in [0.05, 0.1) is 22.6 Å². The van der Waals surface area contributed by atoms with Gasteiger partial charge in [0.1, 0.15) is 5.82 Å². The summed E-state index contributed by atoms with van der Waals surface area (Å²) in [5.74, 6) is -1.00. The van der Waals surface area contributed by atoms with Crippen molar-refractivity contribution in [2.45, 2.75) is 6.92 Å². The SMILES string of the molecule is Cc1cccc(F)c1Nc1cccc(C(N)=O)c1N. The van der Waals surface area contributed by atoms with Gasteiger partial charge in [-0.25, -0.2) is 4.39 Å². The normalized spacial score (nSPS) is 10.2. The standard InChI is InChI=1S/C14H14FN3O/c1-8-4-2-6-10(15)13(8)18-11-7-3-5-9(12(11)16)14(17)19/h2-7,18H,16H2,1H3,(H2,17,19). The number of nitrogen functional groups attached to an aromatic ring is 1. The molecule has 2 aromatic rings. The molecule has 0 aliphatic rings. The predicted octanol–water partition coefficient (Wildman–Crippen LogP) is 2.56. The number of nitrogens with two attached hydrogens (primary N) is 2. The van der Waals surface area contributed by atoms with E-state index < -0.39 is 5.91 Å². The molecule has 0 radical (unpaired) electrons. The summed E-state index contributed by atoms with van der Waals surface area (Å²) >= 11 is 0. The van der Waals surface area contributed by atoms with Crippen LogP contribution in [-0.2, 0) is 0 Å². The fourth-order valence-corrected chi connectivity index (χ4v) is 1.81. The number of nitrogens with one attached hydrogen (secondary N) is 1. The topological polar surface area (TPSA) is 81.1 Å². The summed E-state index contributed by atoms with van der Waals surface area (Å²) in [6.45, 7) is 1.78. The van der Waals surface area contributed by atoms with Crippen LogP contribution in [-0.4, -0.2) is 5.91 Å². The Morgan fingerprint density at radius 1 is 1.21 bits per heavy atom. The van der Waals surface area contributed by atoms with Crippen molar-refractivity contribution in [2.24, 2.45) is 5.73 Å². The average molecular weight is 259 g/mol. The van der Waals surface area contributed by atoms with Crippen molar-refractivity contribution < 1.29 is 9.18 Å². The minimum atomic E-state index is -0.619. The lowest BCUT2D eigenvalue weighted by molar-refractivity contribution is 0.100. The zero-order valence-corrected chi connectivity index (χ0v) is 10.4. The maximum Gasteiger partial charge on any atom is 0.250 e. The van der Waals surface area contributed by atoms with Gasteiger partial charge >= 0.3 is 0 Å². The lowest BCUT2D eigenvalue weighted by Crippen LogP contribution is -2.14. The highest BCUT2D eigenvalue weighted by atomic mass is 19.1. The van der Waals surface area contributed by atoms with Crippen LogP contribution < -0.4 is 16.8 Å². The molecular formula is C14H14FN3O. The largest absolute Gasteiger partial charge is 0.396 e. The lowest BCUT2D eigenvalue weighted by atomic mass is 10.1. The molecule has 0 unspecified atom stereocenters. The summed E-state index contributed by atoms with van der Waals surface area (Å²) in [5, 5.41) is 2.90. The molecule has 19 heavy (non-hydrogen) atoms. The summed E-state index contributed by atoms with van der Waals surface area (Å²) in [6.07, 6.45) is 0. The molecule has 0 saturated carbocycles. The lowest BCUT2D eigenvalue weighted by Gasteiger charge is -2.14. The Labute approximate surface area is 110 Å². The van der Waals surface area contributed by atoms with Crippen LogP contribution in [0.3, 0.4) is 0 Å². The van der Waals surface area contributed by atoms with E-state index in [1.165, 1.54) is 12.1 Å². The van der Waals surface area contributed by atoms with Crippen LogP contribution in [0.15, 0.2) is 36.4 Å². The maximum absolute atomic E-state index is 13.7. The molecule has 0 bridgehead atoms. The first-order chi connectivity index (χ1) is 9.00. The summed E-state index contributed by atoms with van der Waals surface area (Å²) in [7, 11) is 0. The molecule has 5 N–H and O–H groups in total. The number of amides is 1. The van der Waals surface area contributed by atoms with Crippen LogP contribution in [0, 0.1) is 12.7 Å². The molecule has 0 saturated heterocycles. The first-order valence-corrected chi connectivity index (χ1v) is 5.71. The summed E-state index contributed by atoms with van der Waals surface area (Å²) < 4.78 is 13.7. The highest BCUT2D eigenvalue weighted by Gasteiger charge is 2.12. The first-order valence-electron chi connectivity index (χ1n) is 5.71. The average Bonchev–Trinajstić information content (AvgIpc) is 2.35. The smallest absolute Gasteiger partial charge is 0.250 e. The fourth-order valence-electron chi connectivity index (χ4n) is 1.81.